The van der Waals surface area contributed by atoms with Crippen LogP contribution in [0.15, 0.2) is 29.3 Å². The van der Waals surface area contributed by atoms with Crippen molar-refractivity contribution in [2.75, 3.05) is 13.1 Å². The lowest BCUT2D eigenvalue weighted by molar-refractivity contribution is 0.305. The Morgan fingerprint density at radius 1 is 1.33 bits per heavy atom. The Morgan fingerprint density at radius 3 is 2.83 bits per heavy atom. The van der Waals surface area contributed by atoms with Crippen LogP contribution in [-0.4, -0.2) is 30.0 Å². The van der Waals surface area contributed by atoms with Gasteiger partial charge in [-0.3, -0.25) is 4.99 Å². The molecule has 1 N–H and O–H groups in total. The third-order valence-electron chi connectivity index (χ3n) is 3.93. The Kier molecular flexibility index (Phi) is 2.98. The van der Waals surface area contributed by atoms with Gasteiger partial charge in [-0.25, -0.2) is 0 Å². The van der Waals surface area contributed by atoms with Gasteiger partial charge in [0.05, 0.1) is 6.04 Å². The van der Waals surface area contributed by atoms with Crippen molar-refractivity contribution in [3.63, 3.8) is 0 Å². The van der Waals surface area contributed by atoms with Gasteiger partial charge in [0.2, 0.25) is 0 Å². The molecule has 1 aromatic rings. The molecule has 0 saturated carbocycles. The van der Waals surface area contributed by atoms with Crippen molar-refractivity contribution in [1.29, 1.82) is 0 Å². The number of benzene rings is 1. The van der Waals surface area contributed by atoms with E-state index in [2.05, 4.69) is 53.3 Å². The van der Waals surface area contributed by atoms with E-state index in [9.17, 15) is 0 Å². The Labute approximate surface area is 109 Å². The third-order valence-corrected chi connectivity index (χ3v) is 3.93. The summed E-state index contributed by atoms with van der Waals surface area (Å²) in [5.74, 6) is 1.10. The summed E-state index contributed by atoms with van der Waals surface area (Å²) in [7, 11) is 0. The van der Waals surface area contributed by atoms with Gasteiger partial charge in [-0.05, 0) is 30.9 Å². The van der Waals surface area contributed by atoms with Gasteiger partial charge in [0.15, 0.2) is 5.96 Å². The largest absolute Gasteiger partial charge is 0.352 e. The minimum atomic E-state index is 0.501. The van der Waals surface area contributed by atoms with E-state index in [0.717, 1.165) is 31.9 Å². The molecule has 0 amide bonds. The highest BCUT2D eigenvalue weighted by atomic mass is 15.4. The van der Waals surface area contributed by atoms with Crippen LogP contribution in [0.25, 0.3) is 0 Å². The maximum Gasteiger partial charge on any atom is 0.194 e. The first kappa shape index (κ1) is 11.6. The standard InChI is InChI=1S/C15H21N3/c1-3-12-4-6-13(7-5-12)14-8-9-16-15-17-11(2)10-18(14)15/h4-7,11,14H,3,8-10H2,1-2H3,(H,16,17). The average Bonchev–Trinajstić information content (AvgIpc) is 2.79. The summed E-state index contributed by atoms with van der Waals surface area (Å²) in [6.45, 7) is 6.43. The monoisotopic (exact) mass is 243 g/mol. The lowest BCUT2D eigenvalue weighted by atomic mass is 9.99. The molecular weight excluding hydrogens is 222 g/mol. The summed E-state index contributed by atoms with van der Waals surface area (Å²) in [6, 6.07) is 10.1. The maximum atomic E-state index is 4.58. The van der Waals surface area contributed by atoms with E-state index in [1.807, 2.05) is 0 Å². The number of aliphatic imine (C=N–C) groups is 1. The van der Waals surface area contributed by atoms with Gasteiger partial charge >= 0.3 is 0 Å². The first-order valence-electron chi connectivity index (χ1n) is 6.94. The second-order valence-electron chi connectivity index (χ2n) is 5.30. The summed E-state index contributed by atoms with van der Waals surface area (Å²) >= 11 is 0. The number of nitrogens with one attached hydrogen (secondary N) is 1. The zero-order valence-corrected chi connectivity index (χ0v) is 11.2. The lowest BCUT2D eigenvalue weighted by Gasteiger charge is -2.32. The van der Waals surface area contributed by atoms with Crippen molar-refractivity contribution >= 4 is 5.96 Å². The minimum Gasteiger partial charge on any atom is -0.352 e. The van der Waals surface area contributed by atoms with E-state index < -0.39 is 0 Å². The fourth-order valence-electron chi connectivity index (χ4n) is 2.91. The molecule has 0 radical (unpaired) electrons. The molecule has 3 nitrogen and oxygen atoms in total. The molecule has 2 atom stereocenters. The molecule has 3 heteroatoms. The van der Waals surface area contributed by atoms with Crippen molar-refractivity contribution in [2.24, 2.45) is 4.99 Å². The van der Waals surface area contributed by atoms with Crippen LogP contribution in [0.5, 0.6) is 0 Å². The molecule has 18 heavy (non-hydrogen) atoms. The SMILES string of the molecule is CCc1ccc(C2CCN=C3NC(C)CN32)cc1. The van der Waals surface area contributed by atoms with Gasteiger partial charge in [-0.2, -0.15) is 0 Å². The Hall–Kier alpha value is -1.51. The van der Waals surface area contributed by atoms with E-state index in [-0.39, 0.29) is 0 Å². The molecule has 0 aromatic heterocycles. The Balaban J connectivity index is 1.85. The van der Waals surface area contributed by atoms with Crippen molar-refractivity contribution in [3.05, 3.63) is 35.4 Å². The van der Waals surface area contributed by atoms with E-state index in [4.69, 9.17) is 0 Å². The van der Waals surface area contributed by atoms with Crippen molar-refractivity contribution in [1.82, 2.24) is 10.2 Å². The third kappa shape index (κ3) is 1.98. The summed E-state index contributed by atoms with van der Waals surface area (Å²) in [6.07, 6.45) is 2.24. The highest BCUT2D eigenvalue weighted by Crippen LogP contribution is 2.30. The average molecular weight is 243 g/mol. The van der Waals surface area contributed by atoms with E-state index in [1.54, 1.807) is 0 Å². The molecule has 2 heterocycles. The topological polar surface area (TPSA) is 27.6 Å². The van der Waals surface area contributed by atoms with Crippen LogP contribution >= 0.6 is 0 Å². The molecule has 0 spiro atoms. The van der Waals surface area contributed by atoms with Crippen molar-refractivity contribution in [2.45, 2.75) is 38.8 Å². The zero-order valence-electron chi connectivity index (χ0n) is 11.2. The van der Waals surface area contributed by atoms with E-state index >= 15 is 0 Å². The molecule has 96 valence electrons. The van der Waals surface area contributed by atoms with Gasteiger partial charge in [-0.15, -0.1) is 0 Å². The maximum absolute atomic E-state index is 4.58. The van der Waals surface area contributed by atoms with Gasteiger partial charge in [-0.1, -0.05) is 31.2 Å². The Bertz CT molecular complexity index is 449. The number of rotatable bonds is 2. The van der Waals surface area contributed by atoms with Crippen molar-refractivity contribution in [3.8, 4) is 0 Å². The van der Waals surface area contributed by atoms with Gasteiger partial charge in [0, 0.05) is 19.1 Å². The first-order chi connectivity index (χ1) is 8.78. The molecule has 2 aliphatic rings. The number of nitrogens with zero attached hydrogens (tertiary/aromatic N) is 2. The van der Waals surface area contributed by atoms with Crippen molar-refractivity contribution < 1.29 is 0 Å². The van der Waals surface area contributed by atoms with Crippen LogP contribution < -0.4 is 5.32 Å². The molecule has 1 aromatic carbocycles. The molecule has 2 unspecified atom stereocenters. The van der Waals surface area contributed by atoms with E-state index in [1.165, 1.54) is 11.1 Å². The minimum absolute atomic E-state index is 0.501. The van der Waals surface area contributed by atoms with Crippen LogP contribution in [0.2, 0.25) is 0 Å². The lowest BCUT2D eigenvalue weighted by Crippen LogP contribution is -2.37. The quantitative estimate of drug-likeness (QED) is 0.863. The molecule has 0 aliphatic carbocycles. The second kappa shape index (κ2) is 4.63. The smallest absolute Gasteiger partial charge is 0.194 e. The highest BCUT2D eigenvalue weighted by molar-refractivity contribution is 5.83. The second-order valence-corrected chi connectivity index (χ2v) is 5.30. The summed E-state index contributed by atoms with van der Waals surface area (Å²) in [5.41, 5.74) is 2.84. The van der Waals surface area contributed by atoms with Crippen LogP contribution in [0.1, 0.15) is 37.4 Å². The zero-order chi connectivity index (χ0) is 12.5. The van der Waals surface area contributed by atoms with Crippen LogP contribution in [0.4, 0.5) is 0 Å². The molecule has 1 saturated heterocycles. The summed E-state index contributed by atoms with van der Waals surface area (Å²) in [5, 5.41) is 3.45. The first-order valence-corrected chi connectivity index (χ1v) is 6.94. The van der Waals surface area contributed by atoms with Gasteiger partial charge < -0.3 is 10.2 Å². The normalized spacial score (nSPS) is 26.6. The van der Waals surface area contributed by atoms with Crippen LogP contribution in [0.3, 0.4) is 0 Å². The predicted octanol–water partition coefficient (Wildman–Crippen LogP) is 2.34. The fraction of sp³-hybridized carbons (Fsp3) is 0.533. The molecule has 3 rings (SSSR count). The number of aryl methyl sites for hydroxylation is 1. The molecule has 2 aliphatic heterocycles. The van der Waals surface area contributed by atoms with Gasteiger partial charge in [0.25, 0.3) is 0 Å². The van der Waals surface area contributed by atoms with Crippen LogP contribution in [-0.2, 0) is 6.42 Å². The molecule has 1 fully saturated rings. The summed E-state index contributed by atoms with van der Waals surface area (Å²) < 4.78 is 0. The molecule has 0 bridgehead atoms. The molecular formula is C15H21N3. The highest BCUT2D eigenvalue weighted by Gasteiger charge is 2.33. The van der Waals surface area contributed by atoms with Gasteiger partial charge in [0.1, 0.15) is 0 Å². The number of guanidine groups is 1. The number of hydrogen-bond acceptors (Lipinski definition) is 3. The number of fused-ring (bicyclic) bond motifs is 1. The Morgan fingerprint density at radius 2 is 2.11 bits per heavy atom. The predicted molar refractivity (Wildman–Crippen MR) is 74.8 cm³/mol. The van der Waals surface area contributed by atoms with Crippen LogP contribution in [0, 0.1) is 0 Å². The summed E-state index contributed by atoms with van der Waals surface area (Å²) in [4.78, 5) is 7.01. The van der Waals surface area contributed by atoms with E-state index in [0.29, 0.717) is 12.1 Å². The fourth-order valence-corrected chi connectivity index (χ4v) is 2.91. The number of hydrogen-bond donors (Lipinski definition) is 1.